The van der Waals surface area contributed by atoms with Gasteiger partial charge in [0.25, 0.3) is 5.91 Å². The largest absolute Gasteiger partial charge is 0.388 e. The molecule has 0 saturated heterocycles. The number of nitrogens with zero attached hydrogens (tertiary/aromatic N) is 1. The van der Waals surface area contributed by atoms with Gasteiger partial charge in [0.05, 0.1) is 5.52 Å². The van der Waals surface area contributed by atoms with Gasteiger partial charge in [-0.3, -0.25) is 4.79 Å². The molecule has 1 aliphatic rings. The van der Waals surface area contributed by atoms with Crippen LogP contribution in [0.4, 0.5) is 5.69 Å². The van der Waals surface area contributed by atoms with Gasteiger partial charge in [0.15, 0.2) is 0 Å². The van der Waals surface area contributed by atoms with Crippen LogP contribution in [0.1, 0.15) is 36.2 Å². The summed E-state index contributed by atoms with van der Waals surface area (Å²) in [6.45, 7) is 0.766. The van der Waals surface area contributed by atoms with Gasteiger partial charge in [-0.25, -0.2) is 4.98 Å². The van der Waals surface area contributed by atoms with Gasteiger partial charge in [-0.05, 0) is 30.9 Å². The van der Waals surface area contributed by atoms with Crippen molar-refractivity contribution in [2.45, 2.75) is 25.7 Å². The van der Waals surface area contributed by atoms with Crippen LogP contribution in [0, 0.1) is 5.92 Å². The second-order valence-corrected chi connectivity index (χ2v) is 5.68. The molecule has 2 aromatic rings. The first-order valence-corrected chi connectivity index (χ1v) is 7.63. The van der Waals surface area contributed by atoms with Crippen LogP contribution in [0.5, 0.6) is 0 Å². The maximum atomic E-state index is 12.3. The number of carbonyl (C=O) groups is 1. The molecule has 3 rings (SSSR count). The molecule has 0 aliphatic heterocycles. The summed E-state index contributed by atoms with van der Waals surface area (Å²) in [5.74, 6) is 0.558. The average molecular weight is 283 g/mol. The average Bonchev–Trinajstić information content (AvgIpc) is 3.04. The minimum atomic E-state index is -0.0795. The molecule has 110 valence electrons. The Balaban J connectivity index is 1.80. The number of hydrogen-bond acceptors (Lipinski definition) is 3. The van der Waals surface area contributed by atoms with Gasteiger partial charge in [0, 0.05) is 24.7 Å². The zero-order chi connectivity index (χ0) is 14.7. The van der Waals surface area contributed by atoms with Gasteiger partial charge in [-0.15, -0.1) is 0 Å². The minimum Gasteiger partial charge on any atom is -0.388 e. The lowest BCUT2D eigenvalue weighted by molar-refractivity contribution is 0.0943. The summed E-state index contributed by atoms with van der Waals surface area (Å²) in [6, 6.07) is 9.68. The summed E-state index contributed by atoms with van der Waals surface area (Å²) in [6.07, 6.45) is 5.04. The normalized spacial score (nSPS) is 15.3. The highest BCUT2D eigenvalue weighted by atomic mass is 16.1. The van der Waals surface area contributed by atoms with Crippen molar-refractivity contribution in [2.24, 2.45) is 5.92 Å². The number of anilines is 1. The molecule has 1 amide bonds. The predicted molar refractivity (Wildman–Crippen MR) is 85.6 cm³/mol. The summed E-state index contributed by atoms with van der Waals surface area (Å²) in [5, 5.41) is 7.20. The lowest BCUT2D eigenvalue weighted by atomic mass is 10.1. The number of rotatable bonds is 4. The highest BCUT2D eigenvalue weighted by Gasteiger charge is 2.17. The third-order valence-corrected chi connectivity index (χ3v) is 4.24. The molecule has 21 heavy (non-hydrogen) atoms. The molecule has 1 saturated carbocycles. The van der Waals surface area contributed by atoms with Crippen LogP contribution in [0.15, 0.2) is 30.3 Å². The molecule has 1 aromatic carbocycles. The van der Waals surface area contributed by atoms with Crippen LogP contribution in [0.2, 0.25) is 0 Å². The number of pyridine rings is 1. The zero-order valence-corrected chi connectivity index (χ0v) is 12.4. The topological polar surface area (TPSA) is 54.0 Å². The Labute approximate surface area is 125 Å². The van der Waals surface area contributed by atoms with Crippen LogP contribution < -0.4 is 10.6 Å². The first-order valence-electron chi connectivity index (χ1n) is 7.63. The number of fused-ring (bicyclic) bond motifs is 1. The van der Waals surface area contributed by atoms with Crippen molar-refractivity contribution in [1.82, 2.24) is 10.3 Å². The number of hydrogen-bond donors (Lipinski definition) is 2. The second kappa shape index (κ2) is 6.12. The fourth-order valence-electron chi connectivity index (χ4n) is 3.04. The van der Waals surface area contributed by atoms with Crippen LogP contribution in [0.25, 0.3) is 10.9 Å². The molecule has 4 heteroatoms. The van der Waals surface area contributed by atoms with E-state index in [1.54, 1.807) is 0 Å². The fraction of sp³-hybridized carbons (Fsp3) is 0.412. The van der Waals surface area contributed by atoms with Crippen molar-refractivity contribution in [3.8, 4) is 0 Å². The quantitative estimate of drug-likeness (QED) is 0.906. The summed E-state index contributed by atoms with van der Waals surface area (Å²) >= 11 is 0. The maximum absolute atomic E-state index is 12.3. The minimum absolute atomic E-state index is 0.0795. The highest BCUT2D eigenvalue weighted by molar-refractivity contribution is 5.99. The standard InChI is InChI=1S/C17H21N3O/c1-18-15-10-16(20-14-9-5-4-8-13(14)15)17(21)19-11-12-6-2-3-7-12/h4-5,8-10,12H,2-3,6-7,11H2,1H3,(H,18,20)(H,19,21). The van der Waals surface area contributed by atoms with E-state index in [4.69, 9.17) is 0 Å². The molecular formula is C17H21N3O. The van der Waals surface area contributed by atoms with E-state index in [-0.39, 0.29) is 5.91 Å². The maximum Gasteiger partial charge on any atom is 0.269 e. The van der Waals surface area contributed by atoms with Gasteiger partial charge in [-0.1, -0.05) is 31.0 Å². The van der Waals surface area contributed by atoms with Gasteiger partial charge in [0.2, 0.25) is 0 Å². The summed E-state index contributed by atoms with van der Waals surface area (Å²) in [5.41, 5.74) is 2.26. The summed E-state index contributed by atoms with van der Waals surface area (Å²) in [4.78, 5) is 16.8. The van der Waals surface area contributed by atoms with Gasteiger partial charge < -0.3 is 10.6 Å². The Bertz CT molecular complexity index is 648. The molecule has 0 bridgehead atoms. The Morgan fingerprint density at radius 1 is 1.29 bits per heavy atom. The lowest BCUT2D eigenvalue weighted by Gasteiger charge is -2.12. The zero-order valence-electron chi connectivity index (χ0n) is 12.4. The molecule has 1 aliphatic carbocycles. The van der Waals surface area contributed by atoms with Crippen molar-refractivity contribution in [3.05, 3.63) is 36.0 Å². The first kappa shape index (κ1) is 13.9. The molecule has 1 aromatic heterocycles. The molecule has 0 unspecified atom stereocenters. The van der Waals surface area contributed by atoms with E-state index in [9.17, 15) is 4.79 Å². The van der Waals surface area contributed by atoms with Crippen molar-refractivity contribution in [3.63, 3.8) is 0 Å². The van der Waals surface area contributed by atoms with E-state index in [0.29, 0.717) is 11.6 Å². The van der Waals surface area contributed by atoms with E-state index < -0.39 is 0 Å². The SMILES string of the molecule is CNc1cc(C(=O)NCC2CCCC2)nc2ccccc12. The Morgan fingerprint density at radius 2 is 2.05 bits per heavy atom. The monoisotopic (exact) mass is 283 g/mol. The second-order valence-electron chi connectivity index (χ2n) is 5.68. The number of aromatic nitrogens is 1. The molecular weight excluding hydrogens is 262 g/mol. The van der Waals surface area contributed by atoms with Crippen molar-refractivity contribution in [2.75, 3.05) is 18.9 Å². The molecule has 1 heterocycles. The molecule has 4 nitrogen and oxygen atoms in total. The number of nitrogens with one attached hydrogen (secondary N) is 2. The van der Waals surface area contributed by atoms with Crippen LogP contribution in [0.3, 0.4) is 0 Å². The van der Waals surface area contributed by atoms with E-state index in [1.165, 1.54) is 25.7 Å². The van der Waals surface area contributed by atoms with Crippen LogP contribution in [-0.2, 0) is 0 Å². The van der Waals surface area contributed by atoms with E-state index in [0.717, 1.165) is 23.1 Å². The molecule has 0 atom stereocenters. The van der Waals surface area contributed by atoms with Crippen molar-refractivity contribution < 1.29 is 4.79 Å². The summed E-state index contributed by atoms with van der Waals surface area (Å²) in [7, 11) is 1.86. The number of para-hydroxylation sites is 1. The van der Waals surface area contributed by atoms with E-state index in [1.807, 2.05) is 37.4 Å². The Morgan fingerprint density at radius 3 is 2.81 bits per heavy atom. The Kier molecular flexibility index (Phi) is 4.04. The van der Waals surface area contributed by atoms with Gasteiger partial charge >= 0.3 is 0 Å². The smallest absolute Gasteiger partial charge is 0.269 e. The predicted octanol–water partition coefficient (Wildman–Crippen LogP) is 3.20. The fourth-order valence-corrected chi connectivity index (χ4v) is 3.04. The van der Waals surface area contributed by atoms with Crippen molar-refractivity contribution >= 4 is 22.5 Å². The van der Waals surface area contributed by atoms with Crippen molar-refractivity contribution in [1.29, 1.82) is 0 Å². The molecule has 1 fully saturated rings. The summed E-state index contributed by atoms with van der Waals surface area (Å²) < 4.78 is 0. The number of benzene rings is 1. The molecule has 2 N–H and O–H groups in total. The molecule has 0 spiro atoms. The third-order valence-electron chi connectivity index (χ3n) is 4.24. The van der Waals surface area contributed by atoms with E-state index >= 15 is 0 Å². The van der Waals surface area contributed by atoms with Crippen LogP contribution >= 0.6 is 0 Å². The Hall–Kier alpha value is -2.10. The number of amides is 1. The number of carbonyl (C=O) groups excluding carboxylic acids is 1. The van der Waals surface area contributed by atoms with Gasteiger partial charge in [0.1, 0.15) is 5.69 Å². The van der Waals surface area contributed by atoms with Gasteiger partial charge in [-0.2, -0.15) is 0 Å². The first-order chi connectivity index (χ1) is 10.3. The highest BCUT2D eigenvalue weighted by Crippen LogP contribution is 2.24. The van der Waals surface area contributed by atoms with E-state index in [2.05, 4.69) is 15.6 Å². The molecule has 0 radical (unpaired) electrons. The lowest BCUT2D eigenvalue weighted by Crippen LogP contribution is -2.29. The third kappa shape index (κ3) is 2.99. The van der Waals surface area contributed by atoms with Crippen LogP contribution in [-0.4, -0.2) is 24.5 Å².